The van der Waals surface area contributed by atoms with Crippen LogP contribution in [0.25, 0.3) is 0 Å². The molecule has 1 aliphatic carbocycles. The second-order valence-electron chi connectivity index (χ2n) is 4.67. The molecule has 1 unspecified atom stereocenters. The average molecular weight is 231 g/mol. The van der Waals surface area contributed by atoms with Gasteiger partial charge in [-0.25, -0.2) is 0 Å². The van der Waals surface area contributed by atoms with Gasteiger partial charge in [-0.15, -0.1) is 0 Å². The lowest BCUT2D eigenvalue weighted by Gasteiger charge is -2.18. The van der Waals surface area contributed by atoms with Gasteiger partial charge in [0.2, 0.25) is 0 Å². The number of benzene rings is 1. The van der Waals surface area contributed by atoms with E-state index >= 15 is 0 Å². The van der Waals surface area contributed by atoms with Crippen LogP contribution in [0.4, 0.5) is 0 Å². The second kappa shape index (κ2) is 5.71. The van der Waals surface area contributed by atoms with Gasteiger partial charge < -0.3 is 10.6 Å². The van der Waals surface area contributed by atoms with E-state index < -0.39 is 0 Å². The molecule has 2 rings (SSSR count). The Morgan fingerprint density at radius 1 is 1.35 bits per heavy atom. The Balaban J connectivity index is 1.85. The number of aliphatic imine (C=N–C) groups is 1. The van der Waals surface area contributed by atoms with Gasteiger partial charge >= 0.3 is 0 Å². The molecule has 3 nitrogen and oxygen atoms in total. The van der Waals surface area contributed by atoms with E-state index in [4.69, 9.17) is 0 Å². The summed E-state index contributed by atoms with van der Waals surface area (Å²) in [7, 11) is 1.82. The third-order valence-corrected chi connectivity index (χ3v) is 3.13. The molecular weight excluding hydrogens is 210 g/mol. The number of hydrogen-bond acceptors (Lipinski definition) is 1. The summed E-state index contributed by atoms with van der Waals surface area (Å²) in [6, 6.07) is 10.7. The Hall–Kier alpha value is -1.51. The van der Waals surface area contributed by atoms with E-state index in [-0.39, 0.29) is 6.04 Å². The monoisotopic (exact) mass is 231 g/mol. The molecular formula is C14H21N3. The zero-order valence-electron chi connectivity index (χ0n) is 10.6. The van der Waals surface area contributed by atoms with Crippen LogP contribution in [0.15, 0.2) is 35.3 Å². The molecule has 0 saturated heterocycles. The highest BCUT2D eigenvalue weighted by Gasteiger charge is 2.21. The van der Waals surface area contributed by atoms with Crippen LogP contribution in [0.3, 0.4) is 0 Å². The van der Waals surface area contributed by atoms with E-state index in [0.717, 1.165) is 18.4 Å². The zero-order chi connectivity index (χ0) is 12.1. The quantitative estimate of drug-likeness (QED) is 0.616. The van der Waals surface area contributed by atoms with Crippen molar-refractivity contribution in [1.29, 1.82) is 0 Å². The zero-order valence-corrected chi connectivity index (χ0v) is 10.6. The minimum Gasteiger partial charge on any atom is -0.356 e. The lowest BCUT2D eigenvalue weighted by molar-refractivity contribution is 0.671. The van der Waals surface area contributed by atoms with E-state index in [1.807, 2.05) is 13.1 Å². The van der Waals surface area contributed by atoms with Gasteiger partial charge in [-0.3, -0.25) is 4.99 Å². The third kappa shape index (κ3) is 3.77. The number of nitrogens with zero attached hydrogens (tertiary/aromatic N) is 1. The fourth-order valence-corrected chi connectivity index (χ4v) is 1.79. The summed E-state index contributed by atoms with van der Waals surface area (Å²) in [5.41, 5.74) is 1.28. The second-order valence-corrected chi connectivity index (χ2v) is 4.67. The van der Waals surface area contributed by atoms with Crippen LogP contribution in [0, 0.1) is 5.92 Å². The lowest BCUT2D eigenvalue weighted by atomic mass is 10.1. The molecule has 0 heterocycles. The molecule has 1 aliphatic rings. The maximum atomic E-state index is 4.25. The third-order valence-electron chi connectivity index (χ3n) is 3.13. The summed E-state index contributed by atoms with van der Waals surface area (Å²) in [6.07, 6.45) is 2.72. The predicted octanol–water partition coefficient (Wildman–Crippen LogP) is 2.32. The molecule has 1 atom stereocenters. The van der Waals surface area contributed by atoms with E-state index in [1.54, 1.807) is 0 Å². The highest BCUT2D eigenvalue weighted by atomic mass is 15.2. The highest BCUT2D eigenvalue weighted by molar-refractivity contribution is 5.80. The molecule has 0 aliphatic heterocycles. The van der Waals surface area contributed by atoms with Crippen LogP contribution in [0.5, 0.6) is 0 Å². The Bertz CT molecular complexity index is 368. The van der Waals surface area contributed by atoms with Crippen LogP contribution in [0.2, 0.25) is 0 Å². The first-order chi connectivity index (χ1) is 8.29. The van der Waals surface area contributed by atoms with Crippen LogP contribution in [-0.2, 0) is 0 Å². The summed E-state index contributed by atoms with van der Waals surface area (Å²) in [6.45, 7) is 3.19. The first kappa shape index (κ1) is 12.0. The van der Waals surface area contributed by atoms with Crippen molar-refractivity contribution in [2.24, 2.45) is 10.9 Å². The van der Waals surface area contributed by atoms with Gasteiger partial charge in [-0.2, -0.15) is 0 Å². The number of rotatable bonds is 4. The van der Waals surface area contributed by atoms with Crippen molar-refractivity contribution in [1.82, 2.24) is 10.6 Å². The molecule has 2 N–H and O–H groups in total. The predicted molar refractivity (Wildman–Crippen MR) is 72.1 cm³/mol. The first-order valence-corrected chi connectivity index (χ1v) is 6.31. The number of nitrogens with one attached hydrogen (secondary N) is 2. The molecule has 1 aromatic rings. The highest BCUT2D eigenvalue weighted by Crippen LogP contribution is 2.27. The van der Waals surface area contributed by atoms with Crippen molar-refractivity contribution < 1.29 is 0 Å². The van der Waals surface area contributed by atoms with Crippen molar-refractivity contribution in [3.63, 3.8) is 0 Å². The maximum Gasteiger partial charge on any atom is 0.191 e. The Kier molecular flexibility index (Phi) is 4.02. The number of hydrogen-bond donors (Lipinski definition) is 2. The Labute approximate surface area is 103 Å². The molecule has 0 aromatic heterocycles. The van der Waals surface area contributed by atoms with Crippen molar-refractivity contribution >= 4 is 5.96 Å². The molecule has 0 spiro atoms. The average Bonchev–Trinajstić information content (AvgIpc) is 3.19. The Morgan fingerprint density at radius 3 is 2.65 bits per heavy atom. The number of guanidine groups is 1. The SMILES string of the molecule is CN=C(NCC1CC1)NC(C)c1ccccc1. The van der Waals surface area contributed by atoms with Gasteiger partial charge in [0.1, 0.15) is 0 Å². The van der Waals surface area contributed by atoms with E-state index in [2.05, 4.69) is 46.8 Å². The topological polar surface area (TPSA) is 36.4 Å². The summed E-state index contributed by atoms with van der Waals surface area (Å²) >= 11 is 0. The molecule has 17 heavy (non-hydrogen) atoms. The molecule has 0 bridgehead atoms. The van der Waals surface area contributed by atoms with Crippen molar-refractivity contribution in [3.05, 3.63) is 35.9 Å². The minimum atomic E-state index is 0.279. The summed E-state index contributed by atoms with van der Waals surface area (Å²) in [5, 5.41) is 6.78. The lowest BCUT2D eigenvalue weighted by Crippen LogP contribution is -2.39. The van der Waals surface area contributed by atoms with Crippen LogP contribution in [-0.4, -0.2) is 19.6 Å². The van der Waals surface area contributed by atoms with Crippen LogP contribution < -0.4 is 10.6 Å². The van der Waals surface area contributed by atoms with E-state index in [0.29, 0.717) is 0 Å². The van der Waals surface area contributed by atoms with Crippen LogP contribution in [0.1, 0.15) is 31.4 Å². The van der Waals surface area contributed by atoms with Gasteiger partial charge in [0.15, 0.2) is 5.96 Å². The standard InChI is InChI=1S/C14H21N3/c1-11(13-6-4-3-5-7-13)17-14(15-2)16-10-12-8-9-12/h3-7,11-12H,8-10H2,1-2H3,(H2,15,16,17). The smallest absolute Gasteiger partial charge is 0.191 e. The maximum absolute atomic E-state index is 4.25. The van der Waals surface area contributed by atoms with Crippen molar-refractivity contribution in [2.45, 2.75) is 25.8 Å². The van der Waals surface area contributed by atoms with Crippen LogP contribution >= 0.6 is 0 Å². The van der Waals surface area contributed by atoms with Gasteiger partial charge in [-0.1, -0.05) is 30.3 Å². The minimum absolute atomic E-state index is 0.279. The molecule has 0 radical (unpaired) electrons. The van der Waals surface area contributed by atoms with Gasteiger partial charge in [0.25, 0.3) is 0 Å². The molecule has 3 heteroatoms. The van der Waals surface area contributed by atoms with Gasteiger partial charge in [0.05, 0.1) is 6.04 Å². The summed E-state index contributed by atoms with van der Waals surface area (Å²) in [4.78, 5) is 4.25. The molecule has 1 aromatic carbocycles. The largest absolute Gasteiger partial charge is 0.356 e. The molecule has 1 saturated carbocycles. The molecule has 0 amide bonds. The fourth-order valence-electron chi connectivity index (χ4n) is 1.79. The fraction of sp³-hybridized carbons (Fsp3) is 0.500. The normalized spacial score (nSPS) is 17.6. The van der Waals surface area contributed by atoms with Crippen molar-refractivity contribution in [3.8, 4) is 0 Å². The molecule has 92 valence electrons. The first-order valence-electron chi connectivity index (χ1n) is 6.31. The van der Waals surface area contributed by atoms with Gasteiger partial charge in [-0.05, 0) is 31.2 Å². The van der Waals surface area contributed by atoms with Crippen molar-refractivity contribution in [2.75, 3.05) is 13.6 Å². The van der Waals surface area contributed by atoms with E-state index in [9.17, 15) is 0 Å². The Morgan fingerprint density at radius 2 is 2.06 bits per heavy atom. The van der Waals surface area contributed by atoms with Gasteiger partial charge in [0, 0.05) is 13.6 Å². The molecule has 1 fully saturated rings. The van der Waals surface area contributed by atoms with E-state index in [1.165, 1.54) is 18.4 Å². The summed E-state index contributed by atoms with van der Waals surface area (Å²) in [5.74, 6) is 1.76. The summed E-state index contributed by atoms with van der Waals surface area (Å²) < 4.78 is 0.